The zero-order valence-electron chi connectivity index (χ0n) is 10.3. The van der Waals surface area contributed by atoms with Gasteiger partial charge >= 0.3 is 0 Å². The Kier molecular flexibility index (Phi) is 3.38. The fraction of sp³-hybridized carbons (Fsp3) is 0.583. The molecule has 6 nitrogen and oxygen atoms in total. The number of rotatable bonds is 2. The lowest BCUT2D eigenvalue weighted by atomic mass is 9.78. The van der Waals surface area contributed by atoms with Crippen LogP contribution in [0.4, 0.5) is 0 Å². The van der Waals surface area contributed by atoms with Crippen LogP contribution in [0.25, 0.3) is 0 Å². The average molecular weight is 283 g/mol. The van der Waals surface area contributed by atoms with Crippen molar-refractivity contribution in [2.24, 2.45) is 5.92 Å². The van der Waals surface area contributed by atoms with E-state index in [4.69, 9.17) is 11.6 Å². The number of fused-ring (bicyclic) bond motifs is 1. The van der Waals surface area contributed by atoms with E-state index < -0.39 is 6.04 Å². The van der Waals surface area contributed by atoms with E-state index >= 15 is 0 Å². The summed E-state index contributed by atoms with van der Waals surface area (Å²) < 4.78 is 0. The first-order chi connectivity index (χ1) is 9.15. The van der Waals surface area contributed by atoms with E-state index in [-0.39, 0.29) is 16.9 Å². The standard InChI is InChI=1S/C12H15ClN4O2/c13-8-3-7(5-14-6-8)12-10-4-9(17(18)19)1-2-11(10)15-16-12/h3,5-6,9-12,15-16H,1-2,4H2. The summed E-state index contributed by atoms with van der Waals surface area (Å²) in [6, 6.07) is 1.77. The first kappa shape index (κ1) is 12.8. The Morgan fingerprint density at radius 2 is 2.21 bits per heavy atom. The van der Waals surface area contributed by atoms with Crippen LogP contribution in [0, 0.1) is 16.0 Å². The van der Waals surface area contributed by atoms with Crippen molar-refractivity contribution in [3.8, 4) is 0 Å². The number of hydrogen-bond acceptors (Lipinski definition) is 5. The normalized spacial score (nSPS) is 33.9. The molecule has 2 heterocycles. The smallest absolute Gasteiger partial charge is 0.213 e. The number of nitro groups is 1. The van der Waals surface area contributed by atoms with E-state index in [9.17, 15) is 10.1 Å². The van der Waals surface area contributed by atoms with Gasteiger partial charge in [-0.25, -0.2) is 5.43 Å². The lowest BCUT2D eigenvalue weighted by molar-refractivity contribution is -0.528. The number of aromatic nitrogens is 1. The van der Waals surface area contributed by atoms with E-state index in [1.165, 1.54) is 0 Å². The van der Waals surface area contributed by atoms with Gasteiger partial charge in [-0.05, 0) is 18.1 Å². The predicted molar refractivity (Wildman–Crippen MR) is 70.2 cm³/mol. The number of halogens is 1. The Morgan fingerprint density at radius 3 is 2.95 bits per heavy atom. The van der Waals surface area contributed by atoms with Gasteiger partial charge in [-0.15, -0.1) is 0 Å². The van der Waals surface area contributed by atoms with Crippen LogP contribution in [0.2, 0.25) is 5.02 Å². The summed E-state index contributed by atoms with van der Waals surface area (Å²) in [5.74, 6) is 0.212. The maximum absolute atomic E-state index is 11.0. The fourth-order valence-corrected chi connectivity index (χ4v) is 3.34. The molecule has 0 radical (unpaired) electrons. The molecular weight excluding hydrogens is 268 g/mol. The molecule has 19 heavy (non-hydrogen) atoms. The van der Waals surface area contributed by atoms with Crippen molar-refractivity contribution < 1.29 is 4.92 Å². The molecule has 1 saturated heterocycles. The molecule has 2 aliphatic rings. The maximum atomic E-state index is 11.0. The summed E-state index contributed by atoms with van der Waals surface area (Å²) in [5, 5.41) is 11.6. The lowest BCUT2D eigenvalue weighted by Crippen LogP contribution is -2.39. The summed E-state index contributed by atoms with van der Waals surface area (Å²) in [7, 11) is 0. The molecule has 1 aliphatic heterocycles. The zero-order chi connectivity index (χ0) is 13.4. The zero-order valence-corrected chi connectivity index (χ0v) is 11.0. The molecule has 2 fully saturated rings. The van der Waals surface area contributed by atoms with Gasteiger partial charge in [0.25, 0.3) is 0 Å². The monoisotopic (exact) mass is 282 g/mol. The highest BCUT2D eigenvalue weighted by Crippen LogP contribution is 2.38. The van der Waals surface area contributed by atoms with E-state index in [1.54, 1.807) is 12.4 Å². The molecule has 0 amide bonds. The Bertz CT molecular complexity index is 498. The SMILES string of the molecule is O=[N+]([O-])C1CCC2NNC(c3cncc(Cl)c3)C2C1. The number of pyridine rings is 1. The number of hydrogen-bond donors (Lipinski definition) is 2. The van der Waals surface area contributed by atoms with Crippen LogP contribution in [-0.2, 0) is 0 Å². The highest BCUT2D eigenvalue weighted by atomic mass is 35.5. The molecule has 4 unspecified atom stereocenters. The molecule has 1 saturated carbocycles. The molecule has 3 rings (SSSR count). The van der Waals surface area contributed by atoms with Gasteiger partial charge in [0.05, 0.1) is 11.1 Å². The largest absolute Gasteiger partial charge is 0.264 e. The van der Waals surface area contributed by atoms with Crippen LogP contribution < -0.4 is 10.9 Å². The van der Waals surface area contributed by atoms with Crippen molar-refractivity contribution in [2.75, 3.05) is 0 Å². The van der Waals surface area contributed by atoms with E-state index in [0.717, 1.165) is 12.0 Å². The minimum Gasteiger partial charge on any atom is -0.264 e. The molecule has 0 bridgehead atoms. The first-order valence-corrected chi connectivity index (χ1v) is 6.78. The minimum atomic E-state index is -0.433. The molecule has 1 aromatic heterocycles. The van der Waals surface area contributed by atoms with Crippen LogP contribution in [0.15, 0.2) is 18.5 Å². The second kappa shape index (κ2) is 5.03. The van der Waals surface area contributed by atoms with Crippen molar-refractivity contribution >= 4 is 11.6 Å². The maximum Gasteiger partial charge on any atom is 0.213 e. The molecule has 0 aromatic carbocycles. The second-order valence-electron chi connectivity index (χ2n) is 5.23. The van der Waals surface area contributed by atoms with Gasteiger partial charge in [0.1, 0.15) is 0 Å². The number of nitrogens with one attached hydrogen (secondary N) is 2. The minimum absolute atomic E-state index is 0.0407. The molecule has 102 valence electrons. The summed E-state index contributed by atoms with van der Waals surface area (Å²) in [6.45, 7) is 0. The Morgan fingerprint density at radius 1 is 1.37 bits per heavy atom. The summed E-state index contributed by atoms with van der Waals surface area (Å²) in [5.41, 5.74) is 7.46. The molecule has 7 heteroatoms. The van der Waals surface area contributed by atoms with Gasteiger partial charge in [0.2, 0.25) is 6.04 Å². The van der Waals surface area contributed by atoms with Crippen molar-refractivity contribution in [2.45, 2.75) is 37.4 Å². The molecular formula is C12H15ClN4O2. The third-order valence-electron chi connectivity index (χ3n) is 4.11. The Hall–Kier alpha value is -1.24. The summed E-state index contributed by atoms with van der Waals surface area (Å²) in [4.78, 5) is 14.9. The van der Waals surface area contributed by atoms with Gasteiger partial charge in [-0.1, -0.05) is 11.6 Å². The van der Waals surface area contributed by atoms with Gasteiger partial charge in [-0.2, -0.15) is 0 Å². The summed E-state index contributed by atoms with van der Waals surface area (Å²) >= 11 is 5.96. The van der Waals surface area contributed by atoms with Crippen LogP contribution in [0.5, 0.6) is 0 Å². The Balaban J connectivity index is 1.82. The van der Waals surface area contributed by atoms with Gasteiger partial charge in [0.15, 0.2) is 0 Å². The van der Waals surface area contributed by atoms with E-state index in [0.29, 0.717) is 23.9 Å². The number of nitrogens with zero attached hydrogens (tertiary/aromatic N) is 2. The van der Waals surface area contributed by atoms with E-state index in [1.807, 2.05) is 6.07 Å². The summed E-state index contributed by atoms with van der Waals surface area (Å²) in [6.07, 6.45) is 5.42. The van der Waals surface area contributed by atoms with Crippen LogP contribution >= 0.6 is 11.6 Å². The molecule has 4 atom stereocenters. The molecule has 2 N–H and O–H groups in total. The van der Waals surface area contributed by atoms with Crippen molar-refractivity contribution in [1.29, 1.82) is 0 Å². The van der Waals surface area contributed by atoms with Crippen molar-refractivity contribution in [3.05, 3.63) is 39.2 Å². The second-order valence-corrected chi connectivity index (χ2v) is 5.66. The highest BCUT2D eigenvalue weighted by Gasteiger charge is 2.44. The predicted octanol–water partition coefficient (Wildman–Crippen LogP) is 1.70. The Labute approximate surface area is 115 Å². The van der Waals surface area contributed by atoms with Gasteiger partial charge in [0, 0.05) is 42.1 Å². The molecule has 1 aliphatic carbocycles. The third kappa shape index (κ3) is 2.43. The third-order valence-corrected chi connectivity index (χ3v) is 4.31. The highest BCUT2D eigenvalue weighted by molar-refractivity contribution is 6.30. The van der Waals surface area contributed by atoms with E-state index in [2.05, 4.69) is 15.8 Å². The number of hydrazine groups is 1. The van der Waals surface area contributed by atoms with Crippen molar-refractivity contribution in [1.82, 2.24) is 15.8 Å². The molecule has 0 spiro atoms. The van der Waals surface area contributed by atoms with Crippen LogP contribution in [0.3, 0.4) is 0 Å². The lowest BCUT2D eigenvalue weighted by Gasteiger charge is -2.29. The molecule has 1 aromatic rings. The first-order valence-electron chi connectivity index (χ1n) is 6.40. The topological polar surface area (TPSA) is 80.1 Å². The van der Waals surface area contributed by atoms with Crippen molar-refractivity contribution in [3.63, 3.8) is 0 Å². The fourth-order valence-electron chi connectivity index (χ4n) is 3.15. The quantitative estimate of drug-likeness (QED) is 0.637. The van der Waals surface area contributed by atoms with Gasteiger partial charge in [-0.3, -0.25) is 20.5 Å². The van der Waals surface area contributed by atoms with Crippen LogP contribution in [0.1, 0.15) is 30.9 Å². The van der Waals surface area contributed by atoms with Gasteiger partial charge < -0.3 is 0 Å². The average Bonchev–Trinajstić information content (AvgIpc) is 2.81. The van der Waals surface area contributed by atoms with Crippen LogP contribution in [-0.4, -0.2) is 22.0 Å².